The predicted molar refractivity (Wildman–Crippen MR) is 42.9 cm³/mol. The minimum absolute atomic E-state index is 0.169. The van der Waals surface area contributed by atoms with Crippen molar-refractivity contribution in [2.45, 2.75) is 13.0 Å². The molecule has 0 aromatic heterocycles. The van der Waals surface area contributed by atoms with Gasteiger partial charge in [0.25, 0.3) is 0 Å². The molecule has 0 fully saturated rings. The maximum Gasteiger partial charge on any atom is 0.323 e. The number of nitrogens with zero attached hydrogens (tertiary/aromatic N) is 1. The highest BCUT2D eigenvalue weighted by Crippen LogP contribution is 2.02. The van der Waals surface area contributed by atoms with Gasteiger partial charge in [0.05, 0.1) is 6.61 Å². The highest BCUT2D eigenvalue weighted by Gasteiger charge is 2.14. The predicted octanol–water partition coefficient (Wildman–Crippen LogP) is 0.291. The third-order valence-electron chi connectivity index (χ3n) is 0.896. The molecule has 2 N–H and O–H groups in total. The Balaban J connectivity index is 3.54. The maximum atomic E-state index is 10.7. The van der Waals surface area contributed by atoms with Crippen molar-refractivity contribution in [1.82, 2.24) is 0 Å². The number of carbonyl (C=O) groups is 1. The Morgan fingerprint density at radius 1 is 1.82 bits per heavy atom. The number of nitroso groups, excluding NO2 is 1. The molecule has 0 aliphatic carbocycles. The second-order valence-corrected chi connectivity index (χ2v) is 2.47. The van der Waals surface area contributed by atoms with Crippen LogP contribution in [0.3, 0.4) is 0 Å². The van der Waals surface area contributed by atoms with Gasteiger partial charge < -0.3 is 10.5 Å². The minimum Gasteiger partial charge on any atom is -0.465 e. The van der Waals surface area contributed by atoms with Gasteiger partial charge in [-0.15, -0.1) is 4.91 Å². The summed E-state index contributed by atoms with van der Waals surface area (Å²) in [4.78, 5) is 20.3. The van der Waals surface area contributed by atoms with E-state index in [1.807, 2.05) is 0 Å². The van der Waals surface area contributed by atoms with Crippen molar-refractivity contribution in [2.75, 3.05) is 12.4 Å². The molecule has 5 nitrogen and oxygen atoms in total. The molecule has 0 heterocycles. The summed E-state index contributed by atoms with van der Waals surface area (Å²) in [5, 5.41) is 0. The first kappa shape index (κ1) is 10.4. The van der Waals surface area contributed by atoms with Crippen LogP contribution in [0.1, 0.15) is 6.92 Å². The van der Waals surface area contributed by atoms with Crippen LogP contribution < -0.4 is 5.73 Å². The van der Waals surface area contributed by atoms with E-state index in [2.05, 4.69) is 9.32 Å². The molecule has 64 valence electrons. The van der Waals surface area contributed by atoms with Crippen molar-refractivity contribution >= 4 is 17.9 Å². The van der Waals surface area contributed by atoms with Gasteiger partial charge >= 0.3 is 5.97 Å². The molecule has 0 unspecified atom stereocenters. The lowest BCUT2D eigenvalue weighted by Gasteiger charge is -2.06. The highest BCUT2D eigenvalue weighted by molar-refractivity contribution is 7.97. The van der Waals surface area contributed by atoms with Crippen LogP contribution in [0.4, 0.5) is 0 Å². The van der Waals surface area contributed by atoms with Crippen molar-refractivity contribution in [3.8, 4) is 0 Å². The van der Waals surface area contributed by atoms with Gasteiger partial charge in [0.2, 0.25) is 0 Å². The van der Waals surface area contributed by atoms with Crippen molar-refractivity contribution in [1.29, 1.82) is 0 Å². The number of carbonyl (C=O) groups excluding carboxylic acids is 1. The summed E-state index contributed by atoms with van der Waals surface area (Å²) in [7, 11) is 0. The van der Waals surface area contributed by atoms with Gasteiger partial charge in [0.1, 0.15) is 6.04 Å². The summed E-state index contributed by atoms with van der Waals surface area (Å²) in [5.74, 6) is -0.328. The van der Waals surface area contributed by atoms with Gasteiger partial charge in [-0.2, -0.15) is 0 Å². The first-order valence-corrected chi connectivity index (χ1v) is 4.03. The molecule has 0 saturated heterocycles. The van der Waals surface area contributed by atoms with E-state index in [1.165, 1.54) is 0 Å². The Hall–Kier alpha value is -0.620. The Morgan fingerprint density at radius 3 is 2.91 bits per heavy atom. The van der Waals surface area contributed by atoms with E-state index >= 15 is 0 Å². The molecule has 1 atom stereocenters. The Kier molecular flexibility index (Phi) is 5.77. The summed E-state index contributed by atoms with van der Waals surface area (Å²) in [6.07, 6.45) is 0. The summed E-state index contributed by atoms with van der Waals surface area (Å²) in [5.41, 5.74) is 5.30. The van der Waals surface area contributed by atoms with Crippen molar-refractivity contribution < 1.29 is 9.53 Å². The van der Waals surface area contributed by atoms with Crippen LogP contribution in [0.2, 0.25) is 0 Å². The molecule has 0 rings (SSSR count). The Morgan fingerprint density at radius 2 is 2.45 bits per heavy atom. The summed E-state index contributed by atoms with van der Waals surface area (Å²) >= 11 is 0.714. The van der Waals surface area contributed by atoms with Crippen LogP contribution >= 0.6 is 11.9 Å². The second-order valence-electron chi connectivity index (χ2n) is 1.73. The first-order chi connectivity index (χ1) is 5.22. The maximum absolute atomic E-state index is 10.7. The molecular weight excluding hydrogens is 168 g/mol. The van der Waals surface area contributed by atoms with Crippen LogP contribution in [0.25, 0.3) is 0 Å². The highest BCUT2D eigenvalue weighted by atomic mass is 32.2. The zero-order valence-corrected chi connectivity index (χ0v) is 6.97. The third-order valence-corrected chi connectivity index (χ3v) is 1.51. The Bertz CT molecular complexity index is 142. The lowest BCUT2D eigenvalue weighted by molar-refractivity contribution is -0.144. The summed E-state index contributed by atoms with van der Waals surface area (Å²) in [6, 6.07) is -0.752. The molecule has 6 heteroatoms. The van der Waals surface area contributed by atoms with E-state index in [4.69, 9.17) is 5.73 Å². The monoisotopic (exact) mass is 178 g/mol. The first-order valence-electron chi connectivity index (χ1n) is 3.09. The topological polar surface area (TPSA) is 81.8 Å². The van der Waals surface area contributed by atoms with E-state index in [-0.39, 0.29) is 5.75 Å². The third kappa shape index (κ3) is 4.74. The van der Waals surface area contributed by atoms with E-state index in [0.29, 0.717) is 18.6 Å². The van der Waals surface area contributed by atoms with Gasteiger partial charge in [-0.3, -0.25) is 4.79 Å². The van der Waals surface area contributed by atoms with Gasteiger partial charge in [0, 0.05) is 22.3 Å². The largest absolute Gasteiger partial charge is 0.465 e. The fourth-order valence-corrected chi connectivity index (χ4v) is 0.786. The molecule has 0 radical (unpaired) electrons. The number of rotatable bonds is 5. The lowest BCUT2D eigenvalue weighted by Crippen LogP contribution is -2.34. The van der Waals surface area contributed by atoms with E-state index in [9.17, 15) is 9.70 Å². The molecule has 0 aliphatic heterocycles. The standard InChI is InChI=1S/C5H10N2O3S/c1-2-10-5(8)4(6)3-11-7-9/h4H,2-3,6H2,1H3/t4-/m1/s1. The molecule has 0 aromatic rings. The van der Waals surface area contributed by atoms with Crippen LogP contribution in [-0.2, 0) is 9.53 Å². The second kappa shape index (κ2) is 6.11. The zero-order valence-electron chi connectivity index (χ0n) is 6.15. The van der Waals surface area contributed by atoms with Crippen LogP contribution in [0, 0.1) is 4.91 Å². The normalized spacial score (nSPS) is 12.2. The SMILES string of the molecule is CCOC(=O)[C@H](N)CSN=O. The van der Waals surface area contributed by atoms with Crippen molar-refractivity contribution in [2.24, 2.45) is 10.3 Å². The number of hydrogen-bond donors (Lipinski definition) is 1. The van der Waals surface area contributed by atoms with Crippen LogP contribution in [-0.4, -0.2) is 24.4 Å². The zero-order chi connectivity index (χ0) is 8.69. The smallest absolute Gasteiger partial charge is 0.323 e. The molecule has 0 saturated carbocycles. The van der Waals surface area contributed by atoms with E-state index in [1.54, 1.807) is 6.92 Å². The number of nitrogens with two attached hydrogens (primary N) is 1. The molecular formula is C5H10N2O3S. The fraction of sp³-hybridized carbons (Fsp3) is 0.800. The molecule has 11 heavy (non-hydrogen) atoms. The average Bonchev–Trinajstić information content (AvgIpc) is 2.00. The number of hydrogen-bond acceptors (Lipinski definition) is 6. The summed E-state index contributed by atoms with van der Waals surface area (Å²) < 4.78 is 7.08. The van der Waals surface area contributed by atoms with E-state index < -0.39 is 12.0 Å². The summed E-state index contributed by atoms with van der Waals surface area (Å²) in [6.45, 7) is 1.99. The molecule has 0 aliphatic rings. The quantitative estimate of drug-likeness (QED) is 0.372. The van der Waals surface area contributed by atoms with E-state index in [0.717, 1.165) is 0 Å². The fourth-order valence-electron chi connectivity index (χ4n) is 0.428. The molecule has 0 bridgehead atoms. The lowest BCUT2D eigenvalue weighted by atomic mass is 10.4. The van der Waals surface area contributed by atoms with Crippen LogP contribution in [0.15, 0.2) is 4.58 Å². The number of ether oxygens (including phenoxy) is 1. The average molecular weight is 178 g/mol. The van der Waals surface area contributed by atoms with Crippen LogP contribution in [0.5, 0.6) is 0 Å². The minimum atomic E-state index is -0.752. The van der Waals surface area contributed by atoms with Crippen molar-refractivity contribution in [3.05, 3.63) is 4.91 Å². The van der Waals surface area contributed by atoms with Gasteiger partial charge in [0.15, 0.2) is 0 Å². The molecule has 0 aromatic carbocycles. The molecule has 0 spiro atoms. The van der Waals surface area contributed by atoms with Gasteiger partial charge in [-0.05, 0) is 6.92 Å². The number of esters is 1. The van der Waals surface area contributed by atoms with Gasteiger partial charge in [-0.25, -0.2) is 0 Å². The van der Waals surface area contributed by atoms with Crippen molar-refractivity contribution in [3.63, 3.8) is 0 Å². The Labute approximate surface area is 68.8 Å². The molecule has 0 amide bonds. The van der Waals surface area contributed by atoms with Gasteiger partial charge in [-0.1, -0.05) is 0 Å².